The summed E-state index contributed by atoms with van der Waals surface area (Å²) in [6.07, 6.45) is 2.25. The van der Waals surface area contributed by atoms with Crippen LogP contribution in [-0.4, -0.2) is 6.04 Å². The highest BCUT2D eigenvalue weighted by Gasteiger charge is 2.25. The summed E-state index contributed by atoms with van der Waals surface area (Å²) in [4.78, 5) is 0. The van der Waals surface area contributed by atoms with Crippen molar-refractivity contribution in [3.8, 4) is 6.07 Å². The van der Waals surface area contributed by atoms with Crippen LogP contribution in [0.25, 0.3) is 0 Å². The maximum Gasteiger partial charge on any atom is 0.124 e. The quantitative estimate of drug-likeness (QED) is 0.804. The van der Waals surface area contributed by atoms with Crippen molar-refractivity contribution in [3.05, 3.63) is 29.6 Å². The molecule has 3 heteroatoms. The topological polar surface area (TPSA) is 35.8 Å². The van der Waals surface area contributed by atoms with Crippen molar-refractivity contribution < 1.29 is 4.39 Å². The molecule has 0 unspecified atom stereocenters. The van der Waals surface area contributed by atoms with E-state index in [2.05, 4.69) is 12.2 Å². The van der Waals surface area contributed by atoms with Gasteiger partial charge in [-0.3, -0.25) is 0 Å². The first-order chi connectivity index (χ1) is 7.19. The monoisotopic (exact) mass is 204 g/mol. The summed E-state index contributed by atoms with van der Waals surface area (Å²) in [7, 11) is 0. The average Bonchev–Trinajstić information content (AvgIpc) is 2.18. The van der Waals surface area contributed by atoms with Gasteiger partial charge >= 0.3 is 0 Å². The molecule has 2 nitrogen and oxygen atoms in total. The molecule has 0 radical (unpaired) electrons. The van der Waals surface area contributed by atoms with Gasteiger partial charge in [0.05, 0.1) is 11.3 Å². The highest BCUT2D eigenvalue weighted by molar-refractivity contribution is 5.58. The number of nitrogens with zero attached hydrogens (tertiary/aromatic N) is 1. The van der Waals surface area contributed by atoms with Gasteiger partial charge in [0, 0.05) is 6.04 Å². The normalized spacial score (nSPS) is 24.1. The van der Waals surface area contributed by atoms with Crippen molar-refractivity contribution >= 4 is 5.69 Å². The molecule has 1 aromatic rings. The zero-order chi connectivity index (χ0) is 10.8. The fourth-order valence-electron chi connectivity index (χ4n) is 1.97. The molecule has 2 rings (SSSR count). The van der Waals surface area contributed by atoms with E-state index in [-0.39, 0.29) is 5.82 Å². The molecule has 0 aliphatic heterocycles. The van der Waals surface area contributed by atoms with Gasteiger partial charge in [-0.25, -0.2) is 4.39 Å². The van der Waals surface area contributed by atoms with Crippen LogP contribution in [0.15, 0.2) is 18.2 Å². The number of halogens is 1. The highest BCUT2D eigenvalue weighted by atomic mass is 19.1. The maximum atomic E-state index is 12.9. The third kappa shape index (κ3) is 2.10. The third-order valence-electron chi connectivity index (χ3n) is 2.84. The largest absolute Gasteiger partial charge is 0.381 e. The molecule has 1 aliphatic carbocycles. The first kappa shape index (κ1) is 9.97. The lowest BCUT2D eigenvalue weighted by atomic mass is 9.81. The Kier molecular flexibility index (Phi) is 2.59. The first-order valence-corrected chi connectivity index (χ1v) is 5.15. The number of hydrogen-bond acceptors (Lipinski definition) is 2. The molecular formula is C12H13FN2. The molecule has 0 amide bonds. The van der Waals surface area contributed by atoms with Crippen LogP contribution in [0.4, 0.5) is 10.1 Å². The second-order valence-corrected chi connectivity index (χ2v) is 4.22. The molecule has 0 heterocycles. The molecule has 0 saturated heterocycles. The van der Waals surface area contributed by atoms with Crippen LogP contribution in [0.2, 0.25) is 0 Å². The van der Waals surface area contributed by atoms with E-state index in [1.165, 1.54) is 12.1 Å². The Hall–Kier alpha value is -1.56. The smallest absolute Gasteiger partial charge is 0.124 e. The molecule has 0 bridgehead atoms. The predicted molar refractivity (Wildman–Crippen MR) is 56.9 cm³/mol. The fourth-order valence-corrected chi connectivity index (χ4v) is 1.97. The van der Waals surface area contributed by atoms with Gasteiger partial charge in [0.25, 0.3) is 0 Å². The second-order valence-electron chi connectivity index (χ2n) is 4.22. The van der Waals surface area contributed by atoms with Crippen LogP contribution in [0, 0.1) is 23.1 Å². The van der Waals surface area contributed by atoms with Crippen LogP contribution < -0.4 is 5.32 Å². The van der Waals surface area contributed by atoms with Gasteiger partial charge in [-0.15, -0.1) is 0 Å². The van der Waals surface area contributed by atoms with Crippen molar-refractivity contribution in [1.82, 2.24) is 0 Å². The molecule has 78 valence electrons. The minimum Gasteiger partial charge on any atom is -0.381 e. The molecule has 0 spiro atoms. The van der Waals surface area contributed by atoms with Crippen LogP contribution >= 0.6 is 0 Å². The van der Waals surface area contributed by atoms with Crippen LogP contribution in [0.3, 0.4) is 0 Å². The summed E-state index contributed by atoms with van der Waals surface area (Å²) in [5, 5.41) is 12.1. The second kappa shape index (κ2) is 3.90. The molecule has 1 aliphatic rings. The minimum atomic E-state index is -0.362. The number of nitriles is 1. The summed E-state index contributed by atoms with van der Waals surface area (Å²) in [5.41, 5.74) is 1.13. The number of rotatable bonds is 2. The Labute approximate surface area is 88.7 Å². The van der Waals surface area contributed by atoms with Crippen LogP contribution in [0.5, 0.6) is 0 Å². The van der Waals surface area contributed by atoms with Gasteiger partial charge in [0.1, 0.15) is 11.9 Å². The summed E-state index contributed by atoms with van der Waals surface area (Å²) in [6, 6.07) is 6.73. The summed E-state index contributed by atoms with van der Waals surface area (Å²) >= 11 is 0. The van der Waals surface area contributed by atoms with E-state index < -0.39 is 0 Å². The van der Waals surface area contributed by atoms with E-state index in [9.17, 15) is 4.39 Å². The Morgan fingerprint density at radius 3 is 2.80 bits per heavy atom. The third-order valence-corrected chi connectivity index (χ3v) is 2.84. The van der Waals surface area contributed by atoms with Gasteiger partial charge < -0.3 is 5.32 Å². The predicted octanol–water partition coefficient (Wildman–Crippen LogP) is 2.91. The lowest BCUT2D eigenvalue weighted by Crippen LogP contribution is -2.33. The first-order valence-electron chi connectivity index (χ1n) is 5.15. The Morgan fingerprint density at radius 1 is 1.47 bits per heavy atom. The van der Waals surface area contributed by atoms with Crippen molar-refractivity contribution in [2.24, 2.45) is 5.92 Å². The summed E-state index contributed by atoms with van der Waals surface area (Å²) < 4.78 is 12.9. The average molecular weight is 204 g/mol. The van der Waals surface area contributed by atoms with Crippen LogP contribution in [0.1, 0.15) is 25.3 Å². The summed E-state index contributed by atoms with van der Waals surface area (Å²) in [5.74, 6) is 0.396. The SMILES string of the molecule is CC1CC(Nc2ccc(F)cc2C#N)C1. The van der Waals surface area contributed by atoms with E-state index in [0.29, 0.717) is 11.6 Å². The summed E-state index contributed by atoms with van der Waals surface area (Å²) in [6.45, 7) is 2.20. The van der Waals surface area contributed by atoms with Crippen molar-refractivity contribution in [2.45, 2.75) is 25.8 Å². The lowest BCUT2D eigenvalue weighted by Gasteiger charge is -2.34. The number of anilines is 1. The van der Waals surface area contributed by atoms with Gasteiger partial charge in [0.15, 0.2) is 0 Å². The van der Waals surface area contributed by atoms with E-state index in [0.717, 1.165) is 24.4 Å². The molecule has 1 saturated carbocycles. The zero-order valence-corrected chi connectivity index (χ0v) is 8.63. The standard InChI is InChI=1S/C12H13FN2/c1-8-4-11(5-8)15-12-3-2-10(13)6-9(12)7-14/h2-3,6,8,11,15H,4-5H2,1H3. The maximum absolute atomic E-state index is 12.9. The molecule has 1 N–H and O–H groups in total. The molecule has 0 aromatic heterocycles. The Bertz CT molecular complexity index is 403. The van der Waals surface area contributed by atoms with Crippen molar-refractivity contribution in [2.75, 3.05) is 5.32 Å². The Morgan fingerprint density at radius 2 is 2.20 bits per heavy atom. The number of benzene rings is 1. The van der Waals surface area contributed by atoms with E-state index in [4.69, 9.17) is 5.26 Å². The van der Waals surface area contributed by atoms with Crippen LogP contribution in [-0.2, 0) is 0 Å². The van der Waals surface area contributed by atoms with Gasteiger partial charge in [-0.2, -0.15) is 5.26 Å². The molecule has 1 aromatic carbocycles. The number of nitrogens with one attached hydrogen (secondary N) is 1. The Balaban J connectivity index is 2.11. The fraction of sp³-hybridized carbons (Fsp3) is 0.417. The van der Waals surface area contributed by atoms with Crippen molar-refractivity contribution in [1.29, 1.82) is 5.26 Å². The zero-order valence-electron chi connectivity index (χ0n) is 8.63. The van der Waals surface area contributed by atoms with Gasteiger partial charge in [-0.05, 0) is 37.0 Å². The molecule has 0 atom stereocenters. The van der Waals surface area contributed by atoms with E-state index >= 15 is 0 Å². The molecule has 15 heavy (non-hydrogen) atoms. The van der Waals surface area contributed by atoms with E-state index in [1.54, 1.807) is 6.07 Å². The van der Waals surface area contributed by atoms with Gasteiger partial charge in [-0.1, -0.05) is 6.92 Å². The van der Waals surface area contributed by atoms with E-state index in [1.807, 2.05) is 6.07 Å². The molecule has 1 fully saturated rings. The molecular weight excluding hydrogens is 191 g/mol. The van der Waals surface area contributed by atoms with Gasteiger partial charge in [0.2, 0.25) is 0 Å². The number of hydrogen-bond donors (Lipinski definition) is 1. The highest BCUT2D eigenvalue weighted by Crippen LogP contribution is 2.30. The lowest BCUT2D eigenvalue weighted by molar-refractivity contribution is 0.309. The van der Waals surface area contributed by atoms with Crippen molar-refractivity contribution in [3.63, 3.8) is 0 Å². The minimum absolute atomic E-state index is 0.362.